The van der Waals surface area contributed by atoms with Gasteiger partial charge in [0.1, 0.15) is 11.4 Å². The lowest BCUT2D eigenvalue weighted by atomic mass is 9.72. The van der Waals surface area contributed by atoms with E-state index in [1.54, 1.807) is 36.3 Å². The topological polar surface area (TPSA) is 130 Å². The third-order valence-corrected chi connectivity index (χ3v) is 5.75. The zero-order valence-corrected chi connectivity index (χ0v) is 16.4. The summed E-state index contributed by atoms with van der Waals surface area (Å²) in [7, 11) is 1.69. The number of nitrogens with one attached hydrogen (secondary N) is 1. The van der Waals surface area contributed by atoms with Crippen LogP contribution in [0.5, 0.6) is 0 Å². The van der Waals surface area contributed by atoms with Crippen molar-refractivity contribution in [2.45, 2.75) is 37.5 Å². The van der Waals surface area contributed by atoms with Crippen molar-refractivity contribution in [1.82, 2.24) is 34.6 Å². The van der Waals surface area contributed by atoms with Crippen molar-refractivity contribution in [1.29, 1.82) is 5.26 Å². The van der Waals surface area contributed by atoms with Gasteiger partial charge in [-0.2, -0.15) is 20.6 Å². The number of aromatic nitrogens is 7. The summed E-state index contributed by atoms with van der Waals surface area (Å²) in [6, 6.07) is 5.94. The van der Waals surface area contributed by atoms with Gasteiger partial charge in [0.25, 0.3) is 0 Å². The fourth-order valence-corrected chi connectivity index (χ4v) is 4.06. The quantitative estimate of drug-likeness (QED) is 0.502. The van der Waals surface area contributed by atoms with Crippen LogP contribution in [0.1, 0.15) is 25.0 Å². The van der Waals surface area contributed by atoms with E-state index in [0.717, 1.165) is 29.6 Å². The predicted octanol–water partition coefficient (Wildman–Crippen LogP) is 1.89. The second-order valence-electron chi connectivity index (χ2n) is 7.57. The van der Waals surface area contributed by atoms with Crippen LogP contribution in [-0.2, 0) is 16.9 Å². The molecule has 0 aliphatic heterocycles. The first kappa shape index (κ1) is 18.5. The maximum absolute atomic E-state index is 9.33. The molecule has 1 saturated carbocycles. The number of fused-ring (bicyclic) bond motifs is 1. The van der Waals surface area contributed by atoms with E-state index >= 15 is 0 Å². The molecule has 0 spiro atoms. The monoisotopic (exact) mass is 404 g/mol. The minimum absolute atomic E-state index is 0.125. The van der Waals surface area contributed by atoms with Gasteiger partial charge in [-0.25, -0.2) is 9.50 Å². The molecule has 4 aromatic heterocycles. The SMILES string of the molecule is COC1CC(CC#N)(n2cc(-c3nc(-c4cc(CO)[nH]n4)cn4nccc34)cn2)C1. The van der Waals surface area contributed by atoms with E-state index in [0.29, 0.717) is 23.5 Å². The van der Waals surface area contributed by atoms with Crippen LogP contribution in [0.2, 0.25) is 0 Å². The van der Waals surface area contributed by atoms with E-state index in [-0.39, 0.29) is 18.2 Å². The van der Waals surface area contributed by atoms with E-state index < -0.39 is 0 Å². The average Bonchev–Trinajstić information content (AvgIpc) is 3.49. The average molecular weight is 404 g/mol. The molecule has 10 nitrogen and oxygen atoms in total. The fraction of sp³-hybridized carbons (Fsp3) is 0.350. The Labute approximate surface area is 171 Å². The van der Waals surface area contributed by atoms with Gasteiger partial charge in [0.15, 0.2) is 0 Å². The van der Waals surface area contributed by atoms with E-state index in [1.807, 2.05) is 16.9 Å². The summed E-state index contributed by atoms with van der Waals surface area (Å²) in [5, 5.41) is 34.6. The molecule has 1 aliphatic carbocycles. The van der Waals surface area contributed by atoms with Crippen LogP contribution < -0.4 is 0 Å². The lowest BCUT2D eigenvalue weighted by Crippen LogP contribution is -2.50. The first-order chi connectivity index (χ1) is 14.7. The Morgan fingerprint density at radius 3 is 2.93 bits per heavy atom. The number of hydrogen-bond donors (Lipinski definition) is 2. The Kier molecular flexibility index (Phi) is 4.34. The highest BCUT2D eigenvalue weighted by atomic mass is 16.5. The molecule has 1 aliphatic rings. The number of aliphatic hydroxyl groups is 1. The molecule has 0 radical (unpaired) electrons. The molecule has 4 aromatic rings. The van der Waals surface area contributed by atoms with Crippen molar-refractivity contribution < 1.29 is 9.84 Å². The van der Waals surface area contributed by atoms with Crippen LogP contribution in [-0.4, -0.2) is 52.9 Å². The number of nitrogens with zero attached hydrogens (tertiary/aromatic N) is 7. The Hall–Kier alpha value is -3.55. The third-order valence-electron chi connectivity index (χ3n) is 5.75. The smallest absolute Gasteiger partial charge is 0.112 e. The van der Waals surface area contributed by atoms with E-state index in [2.05, 4.69) is 26.5 Å². The number of ether oxygens (including phenoxy) is 1. The molecule has 0 unspecified atom stereocenters. The van der Waals surface area contributed by atoms with Crippen LogP contribution >= 0.6 is 0 Å². The summed E-state index contributed by atoms with van der Waals surface area (Å²) in [6.45, 7) is -0.125. The molecule has 0 bridgehead atoms. The van der Waals surface area contributed by atoms with E-state index in [1.165, 1.54) is 0 Å². The lowest BCUT2D eigenvalue weighted by Gasteiger charge is -2.45. The molecule has 0 amide bonds. The van der Waals surface area contributed by atoms with Crippen LogP contribution in [0.15, 0.2) is 36.9 Å². The molecule has 1 fully saturated rings. The number of H-pyrrole nitrogens is 1. The Balaban J connectivity index is 1.57. The van der Waals surface area contributed by atoms with Crippen molar-refractivity contribution in [2.75, 3.05) is 7.11 Å². The molecule has 0 saturated heterocycles. The zero-order valence-electron chi connectivity index (χ0n) is 16.4. The maximum Gasteiger partial charge on any atom is 0.112 e. The van der Waals surface area contributed by atoms with Gasteiger partial charge in [-0.1, -0.05) is 0 Å². The lowest BCUT2D eigenvalue weighted by molar-refractivity contribution is -0.0542. The van der Waals surface area contributed by atoms with Crippen molar-refractivity contribution in [3.05, 3.63) is 42.6 Å². The van der Waals surface area contributed by atoms with Crippen LogP contribution in [0.4, 0.5) is 0 Å². The van der Waals surface area contributed by atoms with Crippen LogP contribution in [0.25, 0.3) is 28.2 Å². The Morgan fingerprint density at radius 1 is 1.33 bits per heavy atom. The molecule has 0 aromatic carbocycles. The molecular formula is C20H20N8O2. The van der Waals surface area contributed by atoms with Gasteiger partial charge in [-0.3, -0.25) is 9.78 Å². The van der Waals surface area contributed by atoms with Crippen molar-refractivity contribution in [3.8, 4) is 28.7 Å². The minimum Gasteiger partial charge on any atom is -0.390 e. The van der Waals surface area contributed by atoms with Crippen molar-refractivity contribution >= 4 is 5.52 Å². The number of aliphatic hydroxyl groups excluding tert-OH is 1. The maximum atomic E-state index is 9.33. The molecule has 2 N–H and O–H groups in total. The molecule has 0 atom stereocenters. The summed E-state index contributed by atoms with van der Waals surface area (Å²) < 4.78 is 9.05. The largest absolute Gasteiger partial charge is 0.390 e. The molecule has 5 rings (SSSR count). The predicted molar refractivity (Wildman–Crippen MR) is 106 cm³/mol. The number of methoxy groups -OCH3 is 1. The van der Waals surface area contributed by atoms with Gasteiger partial charge in [0, 0.05) is 18.9 Å². The summed E-state index contributed by atoms with van der Waals surface area (Å²) in [5.74, 6) is 0. The summed E-state index contributed by atoms with van der Waals surface area (Å²) in [6.07, 6.45) is 9.25. The molecule has 152 valence electrons. The summed E-state index contributed by atoms with van der Waals surface area (Å²) in [4.78, 5) is 4.81. The third kappa shape index (κ3) is 2.87. The van der Waals surface area contributed by atoms with Gasteiger partial charge >= 0.3 is 0 Å². The summed E-state index contributed by atoms with van der Waals surface area (Å²) in [5.41, 5.74) is 3.90. The van der Waals surface area contributed by atoms with Gasteiger partial charge in [0.2, 0.25) is 0 Å². The highest BCUT2D eigenvalue weighted by molar-refractivity contribution is 5.77. The second kappa shape index (κ2) is 7.05. The number of hydrogen-bond acceptors (Lipinski definition) is 7. The van der Waals surface area contributed by atoms with E-state index in [4.69, 9.17) is 9.72 Å². The van der Waals surface area contributed by atoms with Gasteiger partial charge in [-0.15, -0.1) is 0 Å². The standard InChI is InChI=1S/C20H20N8O2/c1-30-15-7-20(8-15,3-4-21)28-10-13(9-23-28)19-18-2-5-22-27(18)11-17(24-19)16-6-14(12-29)25-26-16/h2,5-6,9-11,15,29H,3,7-8,12H2,1H3,(H,25,26). The summed E-state index contributed by atoms with van der Waals surface area (Å²) >= 11 is 0. The first-order valence-electron chi connectivity index (χ1n) is 9.61. The van der Waals surface area contributed by atoms with E-state index in [9.17, 15) is 10.4 Å². The molecule has 4 heterocycles. The highest BCUT2D eigenvalue weighted by Crippen LogP contribution is 2.43. The van der Waals surface area contributed by atoms with Gasteiger partial charge < -0.3 is 9.84 Å². The molecule has 10 heteroatoms. The number of nitriles is 1. The zero-order chi connectivity index (χ0) is 20.7. The normalized spacial score (nSPS) is 20.9. The highest BCUT2D eigenvalue weighted by Gasteiger charge is 2.47. The first-order valence-corrected chi connectivity index (χ1v) is 9.61. The van der Waals surface area contributed by atoms with Crippen LogP contribution in [0.3, 0.4) is 0 Å². The molecular weight excluding hydrogens is 384 g/mol. The minimum atomic E-state index is -0.347. The second-order valence-corrected chi connectivity index (χ2v) is 7.57. The number of rotatable bonds is 6. The van der Waals surface area contributed by atoms with Crippen molar-refractivity contribution in [3.63, 3.8) is 0 Å². The van der Waals surface area contributed by atoms with Crippen molar-refractivity contribution in [2.24, 2.45) is 0 Å². The van der Waals surface area contributed by atoms with Gasteiger partial charge in [-0.05, 0) is 25.0 Å². The Bertz CT molecular complexity index is 1240. The van der Waals surface area contributed by atoms with Gasteiger partial charge in [0.05, 0.1) is 66.2 Å². The van der Waals surface area contributed by atoms with Crippen LogP contribution in [0, 0.1) is 11.3 Å². The molecule has 30 heavy (non-hydrogen) atoms. The Morgan fingerprint density at radius 2 is 2.20 bits per heavy atom. The fourth-order valence-electron chi connectivity index (χ4n) is 4.06. The number of aromatic amines is 1.